The molecule has 15 heavy (non-hydrogen) atoms. The zero-order valence-corrected chi connectivity index (χ0v) is 8.69. The molecule has 0 radical (unpaired) electrons. The number of ether oxygens (including phenoxy) is 2. The predicted octanol–water partition coefficient (Wildman–Crippen LogP) is 0.452. The fourth-order valence-electron chi connectivity index (χ4n) is 1.08. The minimum absolute atomic E-state index is 0.388. The van der Waals surface area contributed by atoms with E-state index in [0.29, 0.717) is 11.5 Å². The zero-order valence-electron chi connectivity index (χ0n) is 8.69. The number of methoxy groups -OCH3 is 1. The van der Waals surface area contributed by atoms with Crippen molar-refractivity contribution in [2.45, 2.75) is 13.0 Å². The summed E-state index contributed by atoms with van der Waals surface area (Å²) in [6.07, 6.45) is -0.661. The molecular formula is C10H14N2O3. The van der Waals surface area contributed by atoms with Crippen LogP contribution in [0.2, 0.25) is 0 Å². The summed E-state index contributed by atoms with van der Waals surface area (Å²) in [6, 6.07) is 7.09. The number of hydrogen-bond donors (Lipinski definition) is 2. The van der Waals surface area contributed by atoms with E-state index >= 15 is 0 Å². The molecule has 0 saturated heterocycles. The second-order valence-corrected chi connectivity index (χ2v) is 2.92. The highest BCUT2D eigenvalue weighted by Crippen LogP contribution is 2.26. The van der Waals surface area contributed by atoms with Crippen molar-refractivity contribution >= 4 is 5.91 Å². The van der Waals surface area contributed by atoms with Gasteiger partial charge in [-0.3, -0.25) is 10.2 Å². The minimum atomic E-state index is -0.661. The number of nitrogens with two attached hydrogens (primary N) is 1. The number of hydrazine groups is 1. The molecule has 5 nitrogen and oxygen atoms in total. The van der Waals surface area contributed by atoms with Crippen molar-refractivity contribution < 1.29 is 14.3 Å². The molecule has 0 aliphatic rings. The molecule has 82 valence electrons. The van der Waals surface area contributed by atoms with Crippen LogP contribution in [0.25, 0.3) is 0 Å². The van der Waals surface area contributed by atoms with Crippen LogP contribution in [0.4, 0.5) is 0 Å². The summed E-state index contributed by atoms with van der Waals surface area (Å²) >= 11 is 0. The smallest absolute Gasteiger partial charge is 0.274 e. The maximum Gasteiger partial charge on any atom is 0.274 e. The molecule has 3 N–H and O–H groups in total. The second-order valence-electron chi connectivity index (χ2n) is 2.92. The fourth-order valence-corrected chi connectivity index (χ4v) is 1.08. The van der Waals surface area contributed by atoms with Gasteiger partial charge >= 0.3 is 0 Å². The lowest BCUT2D eigenvalue weighted by molar-refractivity contribution is -0.127. The van der Waals surface area contributed by atoms with E-state index in [9.17, 15) is 4.79 Å². The van der Waals surface area contributed by atoms with E-state index in [1.807, 2.05) is 11.5 Å². The molecule has 0 aliphatic heterocycles. The Balaban J connectivity index is 2.75. The number of para-hydroxylation sites is 2. The molecule has 1 aromatic carbocycles. The number of carbonyl (C=O) groups excluding carboxylic acids is 1. The van der Waals surface area contributed by atoms with Crippen molar-refractivity contribution in [2.24, 2.45) is 5.84 Å². The number of carbonyl (C=O) groups is 1. The SMILES string of the molecule is COc1ccccc1O[C@@H](C)C(=O)NN. The molecule has 1 amide bonds. The number of nitrogens with one attached hydrogen (secondary N) is 1. The Morgan fingerprint density at radius 1 is 1.40 bits per heavy atom. The zero-order chi connectivity index (χ0) is 11.3. The molecule has 1 rings (SSSR count). The van der Waals surface area contributed by atoms with Crippen molar-refractivity contribution in [2.75, 3.05) is 7.11 Å². The van der Waals surface area contributed by atoms with Gasteiger partial charge in [-0.15, -0.1) is 0 Å². The Morgan fingerprint density at radius 2 is 2.00 bits per heavy atom. The van der Waals surface area contributed by atoms with Gasteiger partial charge in [-0.2, -0.15) is 0 Å². The molecule has 1 atom stereocenters. The van der Waals surface area contributed by atoms with E-state index < -0.39 is 6.10 Å². The van der Waals surface area contributed by atoms with E-state index in [1.54, 1.807) is 25.1 Å². The maximum atomic E-state index is 11.1. The van der Waals surface area contributed by atoms with Crippen LogP contribution in [0, 0.1) is 0 Å². The molecule has 0 saturated carbocycles. The highest BCUT2D eigenvalue weighted by Gasteiger charge is 2.14. The van der Waals surface area contributed by atoms with Gasteiger partial charge in [0.2, 0.25) is 0 Å². The van der Waals surface area contributed by atoms with Crippen molar-refractivity contribution in [3.8, 4) is 11.5 Å². The maximum absolute atomic E-state index is 11.1. The summed E-state index contributed by atoms with van der Waals surface area (Å²) in [4.78, 5) is 11.1. The van der Waals surface area contributed by atoms with Gasteiger partial charge in [-0.05, 0) is 19.1 Å². The topological polar surface area (TPSA) is 73.6 Å². The van der Waals surface area contributed by atoms with Crippen LogP contribution in [-0.4, -0.2) is 19.1 Å². The molecule has 0 unspecified atom stereocenters. The van der Waals surface area contributed by atoms with Crippen molar-refractivity contribution in [1.29, 1.82) is 0 Å². The summed E-state index contributed by atoms with van der Waals surface area (Å²) in [6.45, 7) is 1.61. The molecule has 0 bridgehead atoms. The van der Waals surface area contributed by atoms with Crippen LogP contribution in [0.5, 0.6) is 11.5 Å². The predicted molar refractivity (Wildman–Crippen MR) is 55.4 cm³/mol. The molecule has 5 heteroatoms. The monoisotopic (exact) mass is 210 g/mol. The van der Waals surface area contributed by atoms with Crippen LogP contribution in [0.15, 0.2) is 24.3 Å². The van der Waals surface area contributed by atoms with Crippen molar-refractivity contribution in [1.82, 2.24) is 5.43 Å². The van der Waals surface area contributed by atoms with E-state index in [-0.39, 0.29) is 5.91 Å². The van der Waals surface area contributed by atoms with Crippen molar-refractivity contribution in [3.05, 3.63) is 24.3 Å². The van der Waals surface area contributed by atoms with Gasteiger partial charge in [0.25, 0.3) is 5.91 Å². The van der Waals surface area contributed by atoms with E-state index in [2.05, 4.69) is 0 Å². The third-order valence-electron chi connectivity index (χ3n) is 1.88. The Bertz CT molecular complexity index is 341. The summed E-state index contributed by atoms with van der Waals surface area (Å²) in [5.41, 5.74) is 2.02. The molecule has 0 heterocycles. The minimum Gasteiger partial charge on any atom is -0.493 e. The Hall–Kier alpha value is -1.75. The normalized spacial score (nSPS) is 11.7. The van der Waals surface area contributed by atoms with Crippen molar-refractivity contribution in [3.63, 3.8) is 0 Å². The van der Waals surface area contributed by atoms with Gasteiger partial charge in [0, 0.05) is 0 Å². The van der Waals surface area contributed by atoms with E-state index in [4.69, 9.17) is 15.3 Å². The van der Waals surface area contributed by atoms with Gasteiger partial charge < -0.3 is 9.47 Å². The fraction of sp³-hybridized carbons (Fsp3) is 0.300. The summed E-state index contributed by atoms with van der Waals surface area (Å²) in [5.74, 6) is 5.69. The molecule has 1 aromatic rings. The molecule has 0 fully saturated rings. The first-order chi connectivity index (χ1) is 7.19. The highest BCUT2D eigenvalue weighted by atomic mass is 16.5. The van der Waals surface area contributed by atoms with Gasteiger partial charge in [0.05, 0.1) is 7.11 Å². The molecular weight excluding hydrogens is 196 g/mol. The van der Waals surface area contributed by atoms with Gasteiger partial charge in [0.15, 0.2) is 17.6 Å². The highest BCUT2D eigenvalue weighted by molar-refractivity contribution is 5.80. The van der Waals surface area contributed by atoms with Gasteiger partial charge in [0.1, 0.15) is 0 Å². The lowest BCUT2D eigenvalue weighted by Crippen LogP contribution is -2.40. The van der Waals surface area contributed by atoms with Crippen LogP contribution in [-0.2, 0) is 4.79 Å². The Morgan fingerprint density at radius 3 is 2.53 bits per heavy atom. The lowest BCUT2D eigenvalue weighted by Gasteiger charge is -2.14. The first-order valence-corrected chi connectivity index (χ1v) is 4.49. The number of amides is 1. The molecule has 0 aliphatic carbocycles. The molecule has 0 spiro atoms. The second kappa shape index (κ2) is 5.21. The summed E-state index contributed by atoms with van der Waals surface area (Å²) < 4.78 is 10.4. The summed E-state index contributed by atoms with van der Waals surface area (Å²) in [5, 5.41) is 0. The quantitative estimate of drug-likeness (QED) is 0.430. The Kier molecular flexibility index (Phi) is 3.93. The number of rotatable bonds is 4. The van der Waals surface area contributed by atoms with E-state index in [0.717, 1.165) is 0 Å². The molecule has 0 aromatic heterocycles. The number of hydrogen-bond acceptors (Lipinski definition) is 4. The van der Waals surface area contributed by atoms with Crippen LogP contribution < -0.4 is 20.7 Å². The average Bonchev–Trinajstić information content (AvgIpc) is 2.28. The third-order valence-corrected chi connectivity index (χ3v) is 1.88. The first kappa shape index (κ1) is 11.3. The lowest BCUT2D eigenvalue weighted by atomic mass is 10.3. The average molecular weight is 210 g/mol. The van der Waals surface area contributed by atoms with E-state index in [1.165, 1.54) is 7.11 Å². The van der Waals surface area contributed by atoms with Gasteiger partial charge in [-0.1, -0.05) is 12.1 Å². The third kappa shape index (κ3) is 2.85. The van der Waals surface area contributed by atoms with Crippen LogP contribution >= 0.6 is 0 Å². The largest absolute Gasteiger partial charge is 0.493 e. The summed E-state index contributed by atoms with van der Waals surface area (Å²) in [7, 11) is 1.54. The first-order valence-electron chi connectivity index (χ1n) is 4.49. The number of benzene rings is 1. The Labute approximate surface area is 88.1 Å². The van der Waals surface area contributed by atoms with Gasteiger partial charge in [-0.25, -0.2) is 5.84 Å². The van der Waals surface area contributed by atoms with Crippen LogP contribution in [0.3, 0.4) is 0 Å². The standard InChI is InChI=1S/C10H14N2O3/c1-7(10(13)12-11)15-9-6-4-3-5-8(9)14-2/h3-7H,11H2,1-2H3,(H,12,13)/t7-/m0/s1. The van der Waals surface area contributed by atoms with Crippen LogP contribution in [0.1, 0.15) is 6.92 Å².